The molecule has 0 radical (unpaired) electrons. The quantitative estimate of drug-likeness (QED) is 0.645. The third kappa shape index (κ3) is 4.10. The van der Waals surface area contributed by atoms with Crippen molar-refractivity contribution in [1.29, 1.82) is 0 Å². The monoisotopic (exact) mass is 330 g/mol. The zero-order chi connectivity index (χ0) is 14.7. The van der Waals surface area contributed by atoms with Crippen LogP contribution in [-0.4, -0.2) is 47.8 Å². The normalized spacial score (nSPS) is 13.8. The number of anilines is 1. The average molecular weight is 331 g/mol. The van der Waals surface area contributed by atoms with Gasteiger partial charge in [0.05, 0.1) is 17.3 Å². The van der Waals surface area contributed by atoms with Crippen LogP contribution in [0.2, 0.25) is 5.02 Å². The van der Waals surface area contributed by atoms with E-state index in [4.69, 9.17) is 28.5 Å². The van der Waals surface area contributed by atoms with E-state index in [1.54, 1.807) is 17.8 Å². The number of nitrogens with zero attached hydrogens (tertiary/aromatic N) is 1. The molecule has 0 spiro atoms. The lowest BCUT2D eigenvalue weighted by atomic mass is 9.79. The molecule has 1 aliphatic rings. The third-order valence-electron chi connectivity index (χ3n) is 2.90. The molecule has 0 bridgehead atoms. The molecular weight excluding hydrogens is 315 g/mol. The molecule has 0 saturated heterocycles. The summed E-state index contributed by atoms with van der Waals surface area (Å²) in [4.78, 5) is 2.10. The first-order valence-corrected chi connectivity index (χ1v) is 7.95. The van der Waals surface area contributed by atoms with Crippen molar-refractivity contribution in [2.75, 3.05) is 31.7 Å². The van der Waals surface area contributed by atoms with Gasteiger partial charge in [-0.15, -0.1) is 0 Å². The van der Waals surface area contributed by atoms with E-state index in [2.05, 4.69) is 10.2 Å². The molecule has 0 atom stereocenters. The summed E-state index contributed by atoms with van der Waals surface area (Å²) < 4.78 is 5.82. The van der Waals surface area contributed by atoms with Crippen LogP contribution in [0.5, 0.6) is 0 Å². The number of hydrogen-bond acceptors (Lipinski definition) is 5. The molecule has 0 aromatic heterocycles. The lowest BCUT2D eigenvalue weighted by molar-refractivity contribution is 0.275. The van der Waals surface area contributed by atoms with Gasteiger partial charge < -0.3 is 19.9 Å². The summed E-state index contributed by atoms with van der Waals surface area (Å²) in [6, 6.07) is 3.61. The Kier molecular flexibility index (Phi) is 5.71. The highest BCUT2D eigenvalue weighted by Gasteiger charge is 2.28. The fourth-order valence-electron chi connectivity index (χ4n) is 1.81. The first-order chi connectivity index (χ1) is 9.47. The second-order valence-electron chi connectivity index (χ2n) is 4.76. The highest BCUT2D eigenvalue weighted by Crippen LogP contribution is 2.26. The van der Waals surface area contributed by atoms with E-state index in [0.717, 1.165) is 23.3 Å². The molecule has 20 heavy (non-hydrogen) atoms. The van der Waals surface area contributed by atoms with Gasteiger partial charge in [0.15, 0.2) is 0 Å². The van der Waals surface area contributed by atoms with Crippen molar-refractivity contribution in [3.8, 4) is 0 Å². The van der Waals surface area contributed by atoms with E-state index in [-0.39, 0.29) is 0 Å². The summed E-state index contributed by atoms with van der Waals surface area (Å²) in [5.41, 5.74) is 2.37. The minimum atomic E-state index is -0.877. The molecule has 0 amide bonds. The van der Waals surface area contributed by atoms with Crippen molar-refractivity contribution in [1.82, 2.24) is 4.90 Å². The number of hydrogen-bond donors (Lipinski definition) is 2. The van der Waals surface area contributed by atoms with E-state index in [1.807, 2.05) is 20.2 Å². The number of rotatable bonds is 4. The Balaban J connectivity index is 1.99. The van der Waals surface area contributed by atoms with Gasteiger partial charge in [0.2, 0.25) is 0 Å². The Morgan fingerprint density at radius 2 is 2.35 bits per heavy atom. The van der Waals surface area contributed by atoms with Gasteiger partial charge in [0, 0.05) is 12.3 Å². The number of halogens is 1. The van der Waals surface area contributed by atoms with E-state index in [0.29, 0.717) is 21.6 Å². The smallest absolute Gasteiger partial charge is 0.423 e. The van der Waals surface area contributed by atoms with E-state index in [9.17, 15) is 5.02 Å². The summed E-state index contributed by atoms with van der Waals surface area (Å²) >= 11 is 13.1. The molecule has 4 nitrogen and oxygen atoms in total. The van der Waals surface area contributed by atoms with Crippen molar-refractivity contribution in [3.63, 3.8) is 0 Å². The topological polar surface area (TPSA) is 44.7 Å². The minimum absolute atomic E-state index is 0.387. The van der Waals surface area contributed by atoms with Gasteiger partial charge in [-0.3, -0.25) is 0 Å². The van der Waals surface area contributed by atoms with Gasteiger partial charge in [-0.25, -0.2) is 0 Å². The van der Waals surface area contributed by atoms with Gasteiger partial charge in [-0.2, -0.15) is 0 Å². The molecule has 1 heterocycles. The van der Waals surface area contributed by atoms with Crippen molar-refractivity contribution < 1.29 is 9.68 Å². The van der Waals surface area contributed by atoms with Crippen LogP contribution in [0.15, 0.2) is 12.1 Å². The van der Waals surface area contributed by atoms with Crippen LogP contribution in [0.25, 0.3) is 0 Å². The van der Waals surface area contributed by atoms with Crippen LogP contribution in [0.4, 0.5) is 5.69 Å². The van der Waals surface area contributed by atoms with Gasteiger partial charge in [-0.1, -0.05) is 35.6 Å². The molecule has 0 aliphatic carbocycles. The molecule has 1 aromatic carbocycles. The molecule has 1 aromatic rings. The highest BCUT2D eigenvalue weighted by atomic mass is 35.5. The minimum Gasteiger partial charge on any atom is -0.423 e. The standard InChI is InChI=1S/C12H16BClN2O2S2/c1-16(2)3-4-20-12(19)15-11-6-9-8(5-10(11)14)7-18-13(9)17/h5-6,17H,3-4,7H2,1-2H3,(H,15,19). The van der Waals surface area contributed by atoms with Crippen LogP contribution in [0.1, 0.15) is 5.56 Å². The van der Waals surface area contributed by atoms with Crippen molar-refractivity contribution >= 4 is 58.2 Å². The Bertz CT molecular complexity index is 516. The summed E-state index contributed by atoms with van der Waals surface area (Å²) in [6.45, 7) is 1.34. The Morgan fingerprint density at radius 3 is 3.05 bits per heavy atom. The molecule has 0 saturated carbocycles. The predicted octanol–water partition coefficient (Wildman–Crippen LogP) is 1.55. The van der Waals surface area contributed by atoms with Crippen molar-refractivity contribution in [2.45, 2.75) is 6.61 Å². The fourth-order valence-corrected chi connectivity index (χ4v) is 3.22. The van der Waals surface area contributed by atoms with Gasteiger partial charge in [0.25, 0.3) is 0 Å². The zero-order valence-electron chi connectivity index (χ0n) is 11.4. The molecule has 0 unspecified atom stereocenters. The predicted molar refractivity (Wildman–Crippen MR) is 91.1 cm³/mol. The second-order valence-corrected chi connectivity index (χ2v) is 6.94. The van der Waals surface area contributed by atoms with Crippen LogP contribution in [-0.2, 0) is 11.3 Å². The maximum Gasteiger partial charge on any atom is 0.491 e. The largest absolute Gasteiger partial charge is 0.491 e. The van der Waals surface area contributed by atoms with E-state index >= 15 is 0 Å². The molecular formula is C12H16BClN2O2S2. The zero-order valence-corrected chi connectivity index (χ0v) is 13.7. The lowest BCUT2D eigenvalue weighted by Crippen LogP contribution is -2.28. The number of thiocarbonyl (C=S) groups is 1. The maximum atomic E-state index is 9.70. The second kappa shape index (κ2) is 7.11. The van der Waals surface area contributed by atoms with E-state index in [1.165, 1.54) is 0 Å². The summed E-state index contributed by atoms with van der Waals surface area (Å²) in [5, 5.41) is 13.4. The van der Waals surface area contributed by atoms with Crippen LogP contribution >= 0.6 is 35.6 Å². The molecule has 2 N–H and O–H groups in total. The van der Waals surface area contributed by atoms with Crippen molar-refractivity contribution in [2.24, 2.45) is 0 Å². The molecule has 0 fully saturated rings. The van der Waals surface area contributed by atoms with Gasteiger partial charge >= 0.3 is 7.12 Å². The highest BCUT2D eigenvalue weighted by molar-refractivity contribution is 8.23. The molecule has 108 valence electrons. The maximum absolute atomic E-state index is 9.70. The van der Waals surface area contributed by atoms with Gasteiger partial charge in [0.1, 0.15) is 4.32 Å². The first kappa shape index (κ1) is 16.1. The number of fused-ring (bicyclic) bond motifs is 1. The van der Waals surface area contributed by atoms with Crippen molar-refractivity contribution in [3.05, 3.63) is 22.7 Å². The third-order valence-corrected chi connectivity index (χ3v) is 4.42. The summed E-state index contributed by atoms with van der Waals surface area (Å²) in [5.74, 6) is 0.910. The Morgan fingerprint density at radius 1 is 1.60 bits per heavy atom. The van der Waals surface area contributed by atoms with Crippen LogP contribution in [0.3, 0.4) is 0 Å². The number of thioether (sulfide) groups is 1. The summed E-state index contributed by atoms with van der Waals surface area (Å²) in [7, 11) is 3.17. The molecule has 1 aliphatic heterocycles. The number of nitrogens with one attached hydrogen (secondary N) is 1. The van der Waals surface area contributed by atoms with Gasteiger partial charge in [-0.05, 0) is 37.3 Å². The SMILES string of the molecule is CN(C)CCSC(=S)Nc1cc2c(cc1Cl)COB2O. The number of benzene rings is 1. The van der Waals surface area contributed by atoms with Crippen LogP contribution < -0.4 is 10.8 Å². The van der Waals surface area contributed by atoms with Crippen LogP contribution in [0, 0.1) is 0 Å². The first-order valence-electron chi connectivity index (χ1n) is 6.18. The molecule has 8 heteroatoms. The fraction of sp³-hybridized carbons (Fsp3) is 0.417. The average Bonchev–Trinajstić information content (AvgIpc) is 2.71. The Hall–Kier alpha value is -0.305. The molecule has 2 rings (SSSR count). The lowest BCUT2D eigenvalue weighted by Gasteiger charge is -2.12. The summed E-state index contributed by atoms with van der Waals surface area (Å²) in [6.07, 6.45) is 0. The van der Waals surface area contributed by atoms with E-state index < -0.39 is 7.12 Å². The Labute approximate surface area is 134 Å².